The molecule has 0 saturated heterocycles. The van der Waals surface area contributed by atoms with Gasteiger partial charge in [0.2, 0.25) is 0 Å². The topological polar surface area (TPSA) is 48.8 Å². The molecule has 0 radical (unpaired) electrons. The Morgan fingerprint density at radius 1 is 0.594 bits per heavy atom. The first-order valence-corrected chi connectivity index (χ1v) is 11.1. The van der Waals surface area contributed by atoms with Gasteiger partial charge < -0.3 is 10.6 Å². The number of nitrogens with one attached hydrogen (secondary N) is 2. The summed E-state index contributed by atoms with van der Waals surface area (Å²) in [7, 11) is 0. The quantitative estimate of drug-likeness (QED) is 0.330. The first kappa shape index (κ1) is 23.3. The molecular formula is C28H34N4. The van der Waals surface area contributed by atoms with Crippen molar-refractivity contribution in [3.05, 3.63) is 94.0 Å². The van der Waals surface area contributed by atoms with Gasteiger partial charge in [0.15, 0.2) is 0 Å². The number of hydrogen-bond donors (Lipinski definition) is 2. The monoisotopic (exact) mass is 426 g/mol. The molecule has 3 aromatic carbocycles. The molecule has 4 nitrogen and oxygen atoms in total. The van der Waals surface area contributed by atoms with E-state index in [4.69, 9.17) is 9.98 Å². The van der Waals surface area contributed by atoms with E-state index < -0.39 is 0 Å². The van der Waals surface area contributed by atoms with Crippen LogP contribution in [0.4, 0.5) is 11.4 Å². The number of aliphatic imine (C=N–C) groups is 2. The third-order valence-electron chi connectivity index (χ3n) is 5.56. The number of amidine groups is 2. The average Bonchev–Trinajstić information content (AvgIpc) is 2.76. The summed E-state index contributed by atoms with van der Waals surface area (Å²) in [6.07, 6.45) is 0. The summed E-state index contributed by atoms with van der Waals surface area (Å²) in [6.45, 7) is 13.8. The van der Waals surface area contributed by atoms with Crippen LogP contribution in [0.3, 0.4) is 0 Å². The Hall–Kier alpha value is -3.40. The fourth-order valence-corrected chi connectivity index (χ4v) is 3.71. The molecule has 0 aliphatic carbocycles. The summed E-state index contributed by atoms with van der Waals surface area (Å²) in [5, 5.41) is 6.91. The van der Waals surface area contributed by atoms with Crippen molar-refractivity contribution in [3.8, 4) is 0 Å². The van der Waals surface area contributed by atoms with E-state index in [0.29, 0.717) is 13.1 Å². The highest BCUT2D eigenvalue weighted by molar-refractivity contribution is 5.95. The average molecular weight is 427 g/mol. The van der Waals surface area contributed by atoms with Crippen LogP contribution in [0.2, 0.25) is 0 Å². The van der Waals surface area contributed by atoms with E-state index in [2.05, 4.69) is 99.0 Å². The molecule has 0 spiro atoms. The highest BCUT2D eigenvalue weighted by Crippen LogP contribution is 2.20. The Kier molecular flexibility index (Phi) is 7.82. The molecule has 0 aromatic heterocycles. The molecule has 0 aliphatic rings. The predicted octanol–water partition coefficient (Wildman–Crippen LogP) is 6.98. The lowest BCUT2D eigenvalue weighted by atomic mass is 10.1. The van der Waals surface area contributed by atoms with Crippen molar-refractivity contribution in [3.63, 3.8) is 0 Å². The molecular weight excluding hydrogens is 392 g/mol. The minimum Gasteiger partial charge on any atom is -0.344 e. The molecule has 3 rings (SSSR count). The van der Waals surface area contributed by atoms with Gasteiger partial charge in [-0.2, -0.15) is 0 Å². The third-order valence-corrected chi connectivity index (χ3v) is 5.56. The van der Waals surface area contributed by atoms with Gasteiger partial charge in [0, 0.05) is 11.4 Å². The number of nitrogens with zero attached hydrogens (tertiary/aromatic N) is 2. The molecule has 0 saturated carbocycles. The van der Waals surface area contributed by atoms with Crippen LogP contribution in [0.5, 0.6) is 0 Å². The first-order valence-electron chi connectivity index (χ1n) is 11.1. The van der Waals surface area contributed by atoms with E-state index in [0.717, 1.165) is 23.0 Å². The van der Waals surface area contributed by atoms with Crippen molar-refractivity contribution in [1.82, 2.24) is 0 Å². The van der Waals surface area contributed by atoms with Gasteiger partial charge in [-0.3, -0.25) is 9.98 Å². The van der Waals surface area contributed by atoms with Gasteiger partial charge in [-0.25, -0.2) is 0 Å². The van der Waals surface area contributed by atoms with E-state index in [1.165, 1.54) is 33.4 Å². The van der Waals surface area contributed by atoms with Gasteiger partial charge in [0.25, 0.3) is 0 Å². The van der Waals surface area contributed by atoms with Gasteiger partial charge in [0.1, 0.15) is 0 Å². The highest BCUT2D eigenvalue weighted by Gasteiger charge is 2.04. The Labute approximate surface area is 192 Å². The van der Waals surface area contributed by atoms with Crippen LogP contribution < -0.4 is 10.6 Å². The Bertz CT molecular complexity index is 1010. The maximum atomic E-state index is 4.74. The summed E-state index contributed by atoms with van der Waals surface area (Å²) in [6, 6.07) is 21.1. The maximum Gasteiger partial charge on any atom is 0.0979 e. The van der Waals surface area contributed by atoms with Gasteiger partial charge in [0.05, 0.1) is 24.8 Å². The molecule has 0 heterocycles. The smallest absolute Gasteiger partial charge is 0.0979 e. The van der Waals surface area contributed by atoms with E-state index in [1.54, 1.807) is 0 Å². The van der Waals surface area contributed by atoms with Crippen LogP contribution in [-0.2, 0) is 13.1 Å². The Balaban J connectivity index is 1.62. The zero-order valence-electron chi connectivity index (χ0n) is 20.1. The van der Waals surface area contributed by atoms with Gasteiger partial charge >= 0.3 is 0 Å². The van der Waals surface area contributed by atoms with Crippen molar-refractivity contribution in [2.75, 3.05) is 10.6 Å². The molecule has 0 amide bonds. The van der Waals surface area contributed by atoms with Gasteiger partial charge in [-0.05, 0) is 74.9 Å². The van der Waals surface area contributed by atoms with E-state index in [1.807, 2.05) is 13.8 Å². The Morgan fingerprint density at radius 2 is 0.938 bits per heavy atom. The van der Waals surface area contributed by atoms with Gasteiger partial charge in [-0.1, -0.05) is 60.7 Å². The fraction of sp³-hybridized carbons (Fsp3) is 0.286. The lowest BCUT2D eigenvalue weighted by Crippen LogP contribution is -2.10. The van der Waals surface area contributed by atoms with E-state index in [9.17, 15) is 0 Å². The minimum absolute atomic E-state index is 0.640. The summed E-state index contributed by atoms with van der Waals surface area (Å²) in [5.74, 6) is 1.83. The zero-order chi connectivity index (χ0) is 23.1. The van der Waals surface area contributed by atoms with Crippen LogP contribution >= 0.6 is 0 Å². The largest absolute Gasteiger partial charge is 0.344 e. The Morgan fingerprint density at radius 3 is 1.31 bits per heavy atom. The maximum absolute atomic E-state index is 4.74. The lowest BCUT2D eigenvalue weighted by molar-refractivity contribution is 1.02. The second-order valence-corrected chi connectivity index (χ2v) is 8.41. The fourth-order valence-electron chi connectivity index (χ4n) is 3.71. The summed E-state index contributed by atoms with van der Waals surface area (Å²) in [5.41, 5.74) is 9.55. The van der Waals surface area contributed by atoms with Crippen molar-refractivity contribution in [2.24, 2.45) is 9.98 Å². The summed E-state index contributed by atoms with van der Waals surface area (Å²) >= 11 is 0. The third kappa shape index (κ3) is 6.30. The van der Waals surface area contributed by atoms with Gasteiger partial charge in [-0.15, -0.1) is 0 Å². The van der Waals surface area contributed by atoms with E-state index >= 15 is 0 Å². The molecule has 166 valence electrons. The summed E-state index contributed by atoms with van der Waals surface area (Å²) < 4.78 is 0. The molecule has 0 fully saturated rings. The van der Waals surface area contributed by atoms with Crippen molar-refractivity contribution in [2.45, 2.75) is 54.6 Å². The SMILES string of the molecule is CC(=NCc1cccc(CN=C(C)Nc2c(C)cccc2C)c1)Nc1c(C)cccc1C. The number of hydrogen-bond acceptors (Lipinski definition) is 2. The normalized spacial score (nSPS) is 12.1. The number of rotatable bonds is 6. The van der Waals surface area contributed by atoms with Crippen LogP contribution in [0, 0.1) is 27.7 Å². The lowest BCUT2D eigenvalue weighted by Gasteiger charge is -2.12. The summed E-state index contributed by atoms with van der Waals surface area (Å²) in [4.78, 5) is 9.48. The van der Waals surface area contributed by atoms with Crippen LogP contribution in [0.1, 0.15) is 47.2 Å². The molecule has 0 aliphatic heterocycles. The van der Waals surface area contributed by atoms with Crippen molar-refractivity contribution < 1.29 is 0 Å². The standard InChI is InChI=1S/C28H34N4/c1-19-10-7-11-20(2)27(19)31-23(5)29-17-25-14-9-15-26(16-25)18-30-24(6)32-28-21(3)12-8-13-22(28)4/h7-16H,17-18H2,1-6H3,(H,29,31)(H,30,32). The highest BCUT2D eigenvalue weighted by atomic mass is 15.0. The molecule has 32 heavy (non-hydrogen) atoms. The second-order valence-electron chi connectivity index (χ2n) is 8.41. The number of benzene rings is 3. The first-order chi connectivity index (χ1) is 15.3. The van der Waals surface area contributed by atoms with Crippen LogP contribution in [0.25, 0.3) is 0 Å². The van der Waals surface area contributed by atoms with Crippen LogP contribution in [-0.4, -0.2) is 11.7 Å². The molecule has 3 aromatic rings. The zero-order valence-corrected chi connectivity index (χ0v) is 20.1. The predicted molar refractivity (Wildman–Crippen MR) is 139 cm³/mol. The van der Waals surface area contributed by atoms with Crippen molar-refractivity contribution >= 4 is 23.0 Å². The van der Waals surface area contributed by atoms with Crippen molar-refractivity contribution in [1.29, 1.82) is 0 Å². The molecule has 0 unspecified atom stereocenters. The molecule has 2 N–H and O–H groups in total. The van der Waals surface area contributed by atoms with Crippen LogP contribution in [0.15, 0.2) is 70.6 Å². The second kappa shape index (κ2) is 10.8. The molecule has 0 atom stereocenters. The number of para-hydroxylation sites is 2. The minimum atomic E-state index is 0.640. The van der Waals surface area contributed by atoms with E-state index in [-0.39, 0.29) is 0 Å². The number of anilines is 2. The molecule has 4 heteroatoms. The molecule has 0 bridgehead atoms. The number of aryl methyl sites for hydroxylation is 4.